The second kappa shape index (κ2) is 15.5. The van der Waals surface area contributed by atoms with E-state index >= 15 is 0 Å². The predicted octanol–water partition coefficient (Wildman–Crippen LogP) is 3.07. The number of nitrogens with one attached hydrogen (secondary N) is 2. The lowest BCUT2D eigenvalue weighted by Gasteiger charge is -2.16. The van der Waals surface area contributed by atoms with E-state index in [4.69, 9.17) is 4.74 Å². The van der Waals surface area contributed by atoms with Gasteiger partial charge in [-0.25, -0.2) is 0 Å². The summed E-state index contributed by atoms with van der Waals surface area (Å²) in [6.45, 7) is 9.52. The SMILES string of the molecule is CCCCOCCNC(=NCC1CC(=O)N(CCc2ccccc2)C1)NCC.I. The number of ether oxygens (including phenoxy) is 1. The number of guanidine groups is 1. The number of benzene rings is 1. The summed E-state index contributed by atoms with van der Waals surface area (Å²) < 4.78 is 5.58. The molecule has 6 nitrogen and oxygen atoms in total. The molecule has 1 fully saturated rings. The molecule has 7 heteroatoms. The van der Waals surface area contributed by atoms with Crippen LogP contribution >= 0.6 is 24.0 Å². The van der Waals surface area contributed by atoms with Crippen LogP contribution in [0.25, 0.3) is 0 Å². The molecule has 2 N–H and O–H groups in total. The molecule has 0 bridgehead atoms. The van der Waals surface area contributed by atoms with E-state index in [1.807, 2.05) is 23.1 Å². The Morgan fingerprint density at radius 2 is 2.00 bits per heavy atom. The van der Waals surface area contributed by atoms with Gasteiger partial charge in [0.25, 0.3) is 0 Å². The van der Waals surface area contributed by atoms with Gasteiger partial charge in [0, 0.05) is 51.7 Å². The number of rotatable bonds is 12. The average molecular weight is 516 g/mol. The van der Waals surface area contributed by atoms with Gasteiger partial charge in [0.05, 0.1) is 6.61 Å². The molecule has 1 unspecified atom stereocenters. The Hall–Kier alpha value is -1.35. The Morgan fingerprint density at radius 1 is 1.21 bits per heavy atom. The maximum Gasteiger partial charge on any atom is 0.223 e. The summed E-state index contributed by atoms with van der Waals surface area (Å²) in [5.41, 5.74) is 1.27. The Morgan fingerprint density at radius 3 is 2.72 bits per heavy atom. The minimum Gasteiger partial charge on any atom is -0.380 e. The van der Waals surface area contributed by atoms with Crippen molar-refractivity contribution in [2.24, 2.45) is 10.9 Å². The van der Waals surface area contributed by atoms with Gasteiger partial charge in [0.2, 0.25) is 5.91 Å². The number of aliphatic imine (C=N–C) groups is 1. The summed E-state index contributed by atoms with van der Waals surface area (Å²) in [5.74, 6) is 1.34. The van der Waals surface area contributed by atoms with Crippen molar-refractivity contribution in [1.82, 2.24) is 15.5 Å². The minimum atomic E-state index is 0. The molecule has 2 rings (SSSR count). The fourth-order valence-electron chi connectivity index (χ4n) is 3.25. The molecule has 0 aliphatic carbocycles. The van der Waals surface area contributed by atoms with Crippen LogP contribution in [0.4, 0.5) is 0 Å². The second-order valence-electron chi connectivity index (χ2n) is 7.26. The number of likely N-dealkylation sites (tertiary alicyclic amines) is 1. The maximum absolute atomic E-state index is 12.3. The maximum atomic E-state index is 12.3. The number of hydrogen-bond donors (Lipinski definition) is 2. The smallest absolute Gasteiger partial charge is 0.223 e. The molecule has 1 aromatic rings. The first-order valence-corrected chi connectivity index (χ1v) is 10.6. The lowest BCUT2D eigenvalue weighted by Crippen LogP contribution is -2.39. The summed E-state index contributed by atoms with van der Waals surface area (Å²) >= 11 is 0. The van der Waals surface area contributed by atoms with Gasteiger partial charge in [-0.2, -0.15) is 0 Å². The van der Waals surface area contributed by atoms with E-state index in [0.717, 1.165) is 58.0 Å². The largest absolute Gasteiger partial charge is 0.380 e. The number of amides is 1. The fourth-order valence-corrected chi connectivity index (χ4v) is 3.25. The van der Waals surface area contributed by atoms with Crippen molar-refractivity contribution in [2.75, 3.05) is 45.9 Å². The van der Waals surface area contributed by atoms with Gasteiger partial charge in [-0.15, -0.1) is 24.0 Å². The third-order valence-electron chi connectivity index (χ3n) is 4.84. The van der Waals surface area contributed by atoms with Crippen molar-refractivity contribution < 1.29 is 9.53 Å². The van der Waals surface area contributed by atoms with Crippen molar-refractivity contribution in [3.05, 3.63) is 35.9 Å². The number of halogens is 1. The molecule has 0 radical (unpaired) electrons. The zero-order valence-corrected chi connectivity index (χ0v) is 20.2. The molecular weight excluding hydrogens is 479 g/mol. The first-order valence-electron chi connectivity index (χ1n) is 10.6. The number of unbranched alkanes of at least 4 members (excludes halogenated alkanes) is 1. The Bertz CT molecular complexity index is 598. The lowest BCUT2D eigenvalue weighted by atomic mass is 10.1. The van der Waals surface area contributed by atoms with Crippen LogP contribution in [0.5, 0.6) is 0 Å². The normalized spacial score (nSPS) is 16.6. The van der Waals surface area contributed by atoms with Crippen LogP contribution in [0.3, 0.4) is 0 Å². The van der Waals surface area contributed by atoms with E-state index < -0.39 is 0 Å². The number of hydrogen-bond acceptors (Lipinski definition) is 3. The van der Waals surface area contributed by atoms with E-state index in [1.165, 1.54) is 5.56 Å². The van der Waals surface area contributed by atoms with Crippen molar-refractivity contribution in [3.8, 4) is 0 Å². The molecule has 0 saturated carbocycles. The molecule has 29 heavy (non-hydrogen) atoms. The van der Waals surface area contributed by atoms with Crippen molar-refractivity contribution >= 4 is 35.8 Å². The molecular formula is C22H37IN4O2. The first kappa shape index (κ1) is 25.7. The van der Waals surface area contributed by atoms with E-state index in [9.17, 15) is 4.79 Å². The first-order chi connectivity index (χ1) is 13.7. The zero-order chi connectivity index (χ0) is 20.0. The Kier molecular flexibility index (Phi) is 13.7. The van der Waals surface area contributed by atoms with Gasteiger partial charge in [-0.05, 0) is 25.3 Å². The average Bonchev–Trinajstić information content (AvgIpc) is 3.07. The summed E-state index contributed by atoms with van der Waals surface area (Å²) in [6, 6.07) is 10.3. The number of carbonyl (C=O) groups is 1. The highest BCUT2D eigenvalue weighted by molar-refractivity contribution is 14.0. The van der Waals surface area contributed by atoms with Gasteiger partial charge < -0.3 is 20.3 Å². The van der Waals surface area contributed by atoms with Crippen molar-refractivity contribution in [3.63, 3.8) is 0 Å². The quantitative estimate of drug-likeness (QED) is 0.194. The van der Waals surface area contributed by atoms with E-state index in [2.05, 4.69) is 41.6 Å². The van der Waals surface area contributed by atoms with Crippen LogP contribution < -0.4 is 10.6 Å². The minimum absolute atomic E-state index is 0. The molecule has 0 aromatic heterocycles. The lowest BCUT2D eigenvalue weighted by molar-refractivity contribution is -0.127. The number of carbonyl (C=O) groups excluding carboxylic acids is 1. The number of nitrogens with zero attached hydrogens (tertiary/aromatic N) is 2. The highest BCUT2D eigenvalue weighted by Crippen LogP contribution is 2.18. The Labute approximate surface area is 192 Å². The summed E-state index contributed by atoms with van der Waals surface area (Å²) in [7, 11) is 0. The van der Waals surface area contributed by atoms with Crippen LogP contribution in [0.2, 0.25) is 0 Å². The van der Waals surface area contributed by atoms with Gasteiger partial charge in [0.15, 0.2) is 5.96 Å². The molecule has 1 aliphatic heterocycles. The van der Waals surface area contributed by atoms with E-state index in [0.29, 0.717) is 25.5 Å². The molecule has 1 aromatic carbocycles. The van der Waals surface area contributed by atoms with Gasteiger partial charge in [-0.1, -0.05) is 43.7 Å². The summed E-state index contributed by atoms with van der Waals surface area (Å²) in [4.78, 5) is 19.0. The molecule has 164 valence electrons. The zero-order valence-electron chi connectivity index (χ0n) is 17.9. The highest BCUT2D eigenvalue weighted by Gasteiger charge is 2.28. The topological polar surface area (TPSA) is 66.0 Å². The van der Waals surface area contributed by atoms with E-state index in [-0.39, 0.29) is 29.9 Å². The van der Waals surface area contributed by atoms with Crippen molar-refractivity contribution in [2.45, 2.75) is 39.5 Å². The second-order valence-corrected chi connectivity index (χ2v) is 7.26. The Balaban J connectivity index is 0.00000420. The van der Waals surface area contributed by atoms with Crippen LogP contribution in [0.1, 0.15) is 38.7 Å². The summed E-state index contributed by atoms with van der Waals surface area (Å²) in [5, 5.41) is 6.57. The molecule has 1 aliphatic rings. The fraction of sp³-hybridized carbons (Fsp3) is 0.636. The molecule has 1 amide bonds. The molecule has 1 atom stereocenters. The third kappa shape index (κ3) is 10.3. The van der Waals surface area contributed by atoms with Crippen molar-refractivity contribution in [1.29, 1.82) is 0 Å². The highest BCUT2D eigenvalue weighted by atomic mass is 127. The molecule has 1 heterocycles. The monoisotopic (exact) mass is 516 g/mol. The van der Waals surface area contributed by atoms with E-state index in [1.54, 1.807) is 0 Å². The van der Waals surface area contributed by atoms with Crippen LogP contribution in [0.15, 0.2) is 35.3 Å². The van der Waals surface area contributed by atoms with Gasteiger partial charge >= 0.3 is 0 Å². The van der Waals surface area contributed by atoms with Gasteiger partial charge in [-0.3, -0.25) is 9.79 Å². The van der Waals surface area contributed by atoms with Crippen LogP contribution in [-0.4, -0.2) is 62.7 Å². The third-order valence-corrected chi connectivity index (χ3v) is 4.84. The summed E-state index contributed by atoms with van der Waals surface area (Å²) in [6.07, 6.45) is 3.76. The molecule has 0 spiro atoms. The molecule has 1 saturated heterocycles. The van der Waals surface area contributed by atoms with Crippen LogP contribution in [-0.2, 0) is 16.0 Å². The predicted molar refractivity (Wildman–Crippen MR) is 130 cm³/mol. The standard InChI is InChI=1S/C22H36N4O2.HI/c1-3-5-14-28-15-12-24-22(23-4-2)25-17-20-16-21(27)26(18-20)13-11-19-9-7-6-8-10-19;/h6-10,20H,3-5,11-18H2,1-2H3,(H2,23,24,25);1H. The van der Waals surface area contributed by atoms with Crippen LogP contribution in [0, 0.1) is 5.92 Å². The van der Waals surface area contributed by atoms with Gasteiger partial charge in [0.1, 0.15) is 0 Å².